The van der Waals surface area contributed by atoms with Crippen molar-refractivity contribution < 1.29 is 4.74 Å². The highest BCUT2D eigenvalue weighted by molar-refractivity contribution is 5.54. The lowest BCUT2D eigenvalue weighted by molar-refractivity contribution is 0.191. The lowest BCUT2D eigenvalue weighted by Gasteiger charge is -2.16. The third-order valence-corrected chi connectivity index (χ3v) is 2.97. The molecule has 0 aliphatic carbocycles. The third kappa shape index (κ3) is 3.51. The molecule has 2 rings (SSSR count). The second kappa shape index (κ2) is 6.29. The van der Waals surface area contributed by atoms with E-state index in [0.717, 1.165) is 30.0 Å². The molecular weight excluding hydrogens is 242 g/mol. The molecule has 0 saturated carbocycles. The number of aryl methyl sites for hydroxylation is 1. The normalized spacial score (nSPS) is 12.4. The minimum atomic E-state index is 0.351. The van der Waals surface area contributed by atoms with Gasteiger partial charge in [-0.1, -0.05) is 6.07 Å². The van der Waals surface area contributed by atoms with Crippen molar-refractivity contribution >= 4 is 5.69 Å². The van der Waals surface area contributed by atoms with Crippen LogP contribution in [0.5, 0.6) is 0 Å². The van der Waals surface area contributed by atoms with Crippen molar-refractivity contribution in [3.63, 3.8) is 0 Å². The zero-order chi connectivity index (χ0) is 13.7. The number of tetrazole rings is 1. The Balaban J connectivity index is 2.13. The molecule has 1 aromatic heterocycles. The zero-order valence-corrected chi connectivity index (χ0v) is 11.5. The van der Waals surface area contributed by atoms with Gasteiger partial charge in [0.05, 0.1) is 5.69 Å². The second-order valence-electron chi connectivity index (χ2n) is 4.58. The van der Waals surface area contributed by atoms with Crippen LogP contribution in [0.3, 0.4) is 0 Å². The summed E-state index contributed by atoms with van der Waals surface area (Å²) >= 11 is 0. The summed E-state index contributed by atoms with van der Waals surface area (Å²) < 4.78 is 6.75. The van der Waals surface area contributed by atoms with Gasteiger partial charge in [0.25, 0.3) is 0 Å². The largest absolute Gasteiger partial charge is 0.385 e. The molecule has 102 valence electrons. The van der Waals surface area contributed by atoms with Crippen molar-refractivity contribution in [1.29, 1.82) is 0 Å². The molecule has 0 fully saturated rings. The number of methoxy groups -OCH3 is 1. The van der Waals surface area contributed by atoms with Crippen molar-refractivity contribution in [2.45, 2.75) is 26.3 Å². The first-order chi connectivity index (χ1) is 9.20. The fraction of sp³-hybridized carbons (Fsp3) is 0.462. The number of hydrogen-bond acceptors (Lipinski definition) is 5. The highest BCUT2D eigenvalue weighted by atomic mass is 16.5. The van der Waals surface area contributed by atoms with Crippen LogP contribution in [0.25, 0.3) is 5.69 Å². The summed E-state index contributed by atoms with van der Waals surface area (Å²) in [6.07, 6.45) is 2.56. The molecule has 0 aliphatic heterocycles. The highest BCUT2D eigenvalue weighted by Crippen LogP contribution is 2.19. The predicted molar refractivity (Wildman–Crippen MR) is 73.5 cm³/mol. The second-order valence-corrected chi connectivity index (χ2v) is 4.58. The van der Waals surface area contributed by atoms with E-state index in [9.17, 15) is 0 Å². The van der Waals surface area contributed by atoms with Gasteiger partial charge >= 0.3 is 0 Å². The lowest BCUT2D eigenvalue weighted by atomic mass is 10.1. The van der Waals surface area contributed by atoms with Gasteiger partial charge < -0.3 is 10.1 Å². The molecule has 1 unspecified atom stereocenters. The van der Waals surface area contributed by atoms with Gasteiger partial charge in [-0.05, 0) is 48.4 Å². The molecule has 19 heavy (non-hydrogen) atoms. The molecular formula is C13H19N5O. The van der Waals surface area contributed by atoms with Crippen LogP contribution in [0, 0.1) is 6.92 Å². The number of benzene rings is 1. The maximum absolute atomic E-state index is 5.08. The van der Waals surface area contributed by atoms with Gasteiger partial charge in [0.15, 0.2) is 0 Å². The van der Waals surface area contributed by atoms with E-state index in [1.165, 1.54) is 0 Å². The molecule has 2 aromatic rings. The average Bonchev–Trinajstić information content (AvgIpc) is 2.92. The van der Waals surface area contributed by atoms with Gasteiger partial charge in [-0.25, -0.2) is 4.68 Å². The first kappa shape index (κ1) is 13.5. The minimum Gasteiger partial charge on any atom is -0.385 e. The molecule has 6 nitrogen and oxygen atoms in total. The Bertz CT molecular complexity index is 512. The molecule has 0 spiro atoms. The van der Waals surface area contributed by atoms with E-state index in [0.29, 0.717) is 6.04 Å². The quantitative estimate of drug-likeness (QED) is 0.859. The molecule has 1 atom stereocenters. The number of nitrogens with one attached hydrogen (secondary N) is 1. The first-order valence-electron chi connectivity index (χ1n) is 6.30. The topological polar surface area (TPSA) is 64.9 Å². The number of hydrogen-bond donors (Lipinski definition) is 1. The Kier molecular flexibility index (Phi) is 4.46. The van der Waals surface area contributed by atoms with Gasteiger partial charge in [0.2, 0.25) is 0 Å². The minimum absolute atomic E-state index is 0.351. The zero-order valence-electron chi connectivity index (χ0n) is 11.5. The van der Waals surface area contributed by atoms with Crippen molar-refractivity contribution in [2.75, 3.05) is 19.0 Å². The molecule has 6 heteroatoms. The van der Waals surface area contributed by atoms with E-state index in [1.54, 1.807) is 18.1 Å². The molecule has 0 amide bonds. The van der Waals surface area contributed by atoms with Gasteiger partial charge in [-0.2, -0.15) is 0 Å². The van der Waals surface area contributed by atoms with E-state index in [2.05, 4.69) is 46.0 Å². The summed E-state index contributed by atoms with van der Waals surface area (Å²) in [6.45, 7) is 4.92. The smallest absolute Gasteiger partial charge is 0.143 e. The summed E-state index contributed by atoms with van der Waals surface area (Å²) in [5.74, 6) is 0. The average molecular weight is 261 g/mol. The fourth-order valence-corrected chi connectivity index (χ4v) is 1.87. The summed E-state index contributed by atoms with van der Waals surface area (Å²) in [7, 11) is 1.72. The van der Waals surface area contributed by atoms with Crippen LogP contribution in [-0.4, -0.2) is 40.0 Å². The van der Waals surface area contributed by atoms with Crippen LogP contribution in [-0.2, 0) is 4.74 Å². The first-order valence-corrected chi connectivity index (χ1v) is 6.30. The monoisotopic (exact) mass is 261 g/mol. The van der Waals surface area contributed by atoms with Gasteiger partial charge in [0.1, 0.15) is 6.33 Å². The number of ether oxygens (including phenoxy) is 1. The van der Waals surface area contributed by atoms with E-state index >= 15 is 0 Å². The van der Waals surface area contributed by atoms with E-state index in [1.807, 2.05) is 6.92 Å². The van der Waals surface area contributed by atoms with Crippen LogP contribution < -0.4 is 5.32 Å². The van der Waals surface area contributed by atoms with Gasteiger partial charge in [-0.15, -0.1) is 5.10 Å². The summed E-state index contributed by atoms with van der Waals surface area (Å²) in [5.41, 5.74) is 3.16. The number of nitrogens with zero attached hydrogens (tertiary/aromatic N) is 4. The Hall–Kier alpha value is -1.95. The van der Waals surface area contributed by atoms with Crippen LogP contribution in [0.4, 0.5) is 5.69 Å². The summed E-state index contributed by atoms with van der Waals surface area (Å²) in [4.78, 5) is 0. The molecule has 1 N–H and O–H groups in total. The number of rotatable bonds is 6. The third-order valence-electron chi connectivity index (χ3n) is 2.97. The van der Waals surface area contributed by atoms with Crippen LogP contribution >= 0.6 is 0 Å². The molecule has 0 bridgehead atoms. The Morgan fingerprint density at radius 3 is 2.95 bits per heavy atom. The van der Waals surface area contributed by atoms with E-state index < -0.39 is 0 Å². The van der Waals surface area contributed by atoms with E-state index in [-0.39, 0.29) is 0 Å². The van der Waals surface area contributed by atoms with Gasteiger partial charge in [0, 0.05) is 25.4 Å². The molecule has 1 aromatic carbocycles. The van der Waals surface area contributed by atoms with Crippen LogP contribution in [0.1, 0.15) is 18.9 Å². The predicted octanol–water partition coefficient (Wildman–Crippen LogP) is 1.81. The van der Waals surface area contributed by atoms with Crippen LogP contribution in [0.15, 0.2) is 24.5 Å². The lowest BCUT2D eigenvalue weighted by Crippen LogP contribution is -2.17. The molecule has 1 heterocycles. The van der Waals surface area contributed by atoms with Crippen LogP contribution in [0.2, 0.25) is 0 Å². The van der Waals surface area contributed by atoms with Gasteiger partial charge in [-0.3, -0.25) is 0 Å². The Morgan fingerprint density at radius 2 is 2.26 bits per heavy atom. The van der Waals surface area contributed by atoms with E-state index in [4.69, 9.17) is 4.74 Å². The SMILES string of the molecule is COCCC(C)Nc1ccc(C)c(-n2cnnn2)c1. The van der Waals surface area contributed by atoms with Crippen molar-refractivity contribution in [1.82, 2.24) is 20.2 Å². The van der Waals surface area contributed by atoms with Crippen molar-refractivity contribution in [2.24, 2.45) is 0 Å². The molecule has 0 aliphatic rings. The highest BCUT2D eigenvalue weighted by Gasteiger charge is 2.06. The summed E-state index contributed by atoms with van der Waals surface area (Å²) in [5, 5.41) is 14.7. The maximum atomic E-state index is 5.08. The Morgan fingerprint density at radius 1 is 1.42 bits per heavy atom. The Labute approximate surface area is 112 Å². The van der Waals surface area contributed by atoms with Crippen molar-refractivity contribution in [3.05, 3.63) is 30.1 Å². The maximum Gasteiger partial charge on any atom is 0.143 e. The number of aromatic nitrogens is 4. The van der Waals surface area contributed by atoms with Crippen molar-refractivity contribution in [3.8, 4) is 5.69 Å². The molecule has 0 saturated heterocycles. The standard InChI is InChI=1S/C13H19N5O/c1-10-4-5-12(15-11(2)6-7-19-3)8-13(10)18-9-14-16-17-18/h4-5,8-9,11,15H,6-7H2,1-3H3. The molecule has 0 radical (unpaired) electrons. The fourth-order valence-electron chi connectivity index (χ4n) is 1.87. The number of anilines is 1. The summed E-state index contributed by atoms with van der Waals surface area (Å²) in [6, 6.07) is 6.52.